The Kier molecular flexibility index (Phi) is 11.9. The van der Waals surface area contributed by atoms with E-state index in [0.717, 1.165) is 41.5 Å². The zero-order chi connectivity index (χ0) is 31.0. The SMILES string of the molecule is CCc1cccc(-c2c(Cl)cccc2[C@](O)(CCCNC(=O)OC)[C@@H]2CCCN(C(=O)[C@@H]3C[C@H](O)[C@H](NCCO)C3)C2)c1. The van der Waals surface area contributed by atoms with Gasteiger partial charge in [-0.1, -0.05) is 54.9 Å². The molecule has 0 aromatic heterocycles. The number of likely N-dealkylation sites (tertiary alicyclic amines) is 1. The molecule has 2 fully saturated rings. The van der Waals surface area contributed by atoms with Crippen molar-refractivity contribution in [1.82, 2.24) is 15.5 Å². The van der Waals surface area contributed by atoms with Crippen LogP contribution in [0.5, 0.6) is 0 Å². The van der Waals surface area contributed by atoms with Crippen LogP contribution in [0.15, 0.2) is 42.5 Å². The van der Waals surface area contributed by atoms with Crippen LogP contribution in [0.1, 0.15) is 56.6 Å². The highest BCUT2D eigenvalue weighted by Gasteiger charge is 2.45. The van der Waals surface area contributed by atoms with Crippen molar-refractivity contribution in [1.29, 1.82) is 0 Å². The number of benzene rings is 2. The summed E-state index contributed by atoms with van der Waals surface area (Å²) in [5, 5.41) is 38.8. The molecular weight excluding hydrogens is 570 g/mol. The number of methoxy groups -OCH3 is 1. The summed E-state index contributed by atoms with van der Waals surface area (Å²) in [4.78, 5) is 27.3. The van der Waals surface area contributed by atoms with Crippen LogP contribution < -0.4 is 10.6 Å². The Labute approximate surface area is 259 Å². The first kappa shape index (κ1) is 33.2. The first-order valence-electron chi connectivity index (χ1n) is 15.4. The van der Waals surface area contributed by atoms with E-state index in [2.05, 4.69) is 29.7 Å². The highest BCUT2D eigenvalue weighted by Crippen LogP contribution is 2.46. The van der Waals surface area contributed by atoms with Gasteiger partial charge in [0.25, 0.3) is 0 Å². The normalized spacial score (nSPS) is 23.5. The van der Waals surface area contributed by atoms with E-state index in [1.807, 2.05) is 35.2 Å². The van der Waals surface area contributed by atoms with Gasteiger partial charge in [0.2, 0.25) is 5.91 Å². The van der Waals surface area contributed by atoms with Crippen molar-refractivity contribution in [3.63, 3.8) is 0 Å². The molecule has 0 unspecified atom stereocenters. The number of aliphatic hydroxyl groups excluding tert-OH is 2. The van der Waals surface area contributed by atoms with Crippen molar-refractivity contribution in [3.05, 3.63) is 58.6 Å². The quantitative estimate of drug-likeness (QED) is 0.229. The lowest BCUT2D eigenvalue weighted by molar-refractivity contribution is -0.141. The van der Waals surface area contributed by atoms with Gasteiger partial charge in [-0.25, -0.2) is 4.79 Å². The van der Waals surface area contributed by atoms with E-state index in [-0.39, 0.29) is 30.4 Å². The zero-order valence-electron chi connectivity index (χ0n) is 25.2. The monoisotopic (exact) mass is 615 g/mol. The van der Waals surface area contributed by atoms with Gasteiger partial charge in [0.15, 0.2) is 0 Å². The molecular formula is C33H46ClN3O6. The molecule has 9 nitrogen and oxygen atoms in total. The van der Waals surface area contributed by atoms with Gasteiger partial charge in [-0.2, -0.15) is 0 Å². The first-order chi connectivity index (χ1) is 20.7. The number of nitrogens with zero attached hydrogens (tertiary/aromatic N) is 1. The number of ether oxygens (including phenoxy) is 1. The Morgan fingerprint density at radius 3 is 2.70 bits per heavy atom. The van der Waals surface area contributed by atoms with Crippen LogP contribution in [0.25, 0.3) is 11.1 Å². The second kappa shape index (κ2) is 15.3. The number of piperidine rings is 1. The van der Waals surface area contributed by atoms with Crippen molar-refractivity contribution < 1.29 is 29.6 Å². The lowest BCUT2D eigenvalue weighted by Crippen LogP contribution is -2.50. The molecule has 0 radical (unpaired) electrons. The fraction of sp³-hybridized carbons (Fsp3) is 0.576. The maximum absolute atomic E-state index is 13.7. The van der Waals surface area contributed by atoms with Gasteiger partial charge in [-0.15, -0.1) is 0 Å². The number of aliphatic hydroxyl groups is 3. The summed E-state index contributed by atoms with van der Waals surface area (Å²) in [7, 11) is 1.32. The summed E-state index contributed by atoms with van der Waals surface area (Å²) in [5.74, 6) is -0.598. The summed E-state index contributed by atoms with van der Waals surface area (Å²) in [6.45, 7) is 3.74. The molecule has 1 aliphatic carbocycles. The van der Waals surface area contributed by atoms with Gasteiger partial charge in [0, 0.05) is 54.6 Å². The van der Waals surface area contributed by atoms with E-state index in [0.29, 0.717) is 56.9 Å². The summed E-state index contributed by atoms with van der Waals surface area (Å²) in [6, 6.07) is 13.6. The maximum atomic E-state index is 13.7. The third-order valence-electron chi connectivity index (χ3n) is 9.10. The Balaban J connectivity index is 1.64. The molecule has 43 heavy (non-hydrogen) atoms. The molecule has 2 aliphatic rings. The fourth-order valence-electron chi connectivity index (χ4n) is 6.82. The predicted octanol–water partition coefficient (Wildman–Crippen LogP) is 3.85. The number of rotatable bonds is 12. The van der Waals surface area contributed by atoms with Crippen LogP contribution in [-0.4, -0.2) is 84.3 Å². The van der Waals surface area contributed by atoms with Crippen LogP contribution in [0.2, 0.25) is 5.02 Å². The summed E-state index contributed by atoms with van der Waals surface area (Å²) < 4.78 is 4.71. The molecule has 1 heterocycles. The fourth-order valence-corrected chi connectivity index (χ4v) is 7.10. The van der Waals surface area contributed by atoms with E-state index >= 15 is 0 Å². The number of aryl methyl sites for hydroxylation is 1. The standard InChI is InChI=1S/C33H46ClN3O6/c1-3-22-8-4-9-23(18-22)30-26(11-5-12-27(30)34)33(42,13-7-14-36-32(41)43-2)25-10-6-16-37(21-25)31(40)24-19-28(29(39)20-24)35-15-17-38/h4-5,8-9,11-12,18,24-25,28-29,35,38-39,42H,3,6-7,10,13-17,19-21H2,1-2H3,(H,36,41)/t24-,25+,28+,29-,33-/m0/s1. The lowest BCUT2D eigenvalue weighted by Gasteiger charge is -2.44. The second-order valence-electron chi connectivity index (χ2n) is 11.8. The largest absolute Gasteiger partial charge is 0.453 e. The predicted molar refractivity (Wildman–Crippen MR) is 167 cm³/mol. The van der Waals surface area contributed by atoms with Crippen LogP contribution in [0, 0.1) is 11.8 Å². The number of hydrogen-bond acceptors (Lipinski definition) is 7. The van der Waals surface area contributed by atoms with Crippen molar-refractivity contribution in [3.8, 4) is 11.1 Å². The average molecular weight is 616 g/mol. The number of carbonyl (C=O) groups is 2. The van der Waals surface area contributed by atoms with Gasteiger partial charge >= 0.3 is 6.09 Å². The Hall–Kier alpha value is -2.69. The van der Waals surface area contributed by atoms with Crippen molar-refractivity contribution in [2.45, 2.75) is 69.6 Å². The molecule has 1 saturated heterocycles. The topological polar surface area (TPSA) is 131 Å². The summed E-state index contributed by atoms with van der Waals surface area (Å²) in [6.07, 6.45) is 2.88. The molecule has 2 aromatic rings. The number of carbonyl (C=O) groups excluding carboxylic acids is 2. The molecule has 5 N–H and O–H groups in total. The lowest BCUT2D eigenvalue weighted by atomic mass is 9.72. The van der Waals surface area contributed by atoms with Crippen molar-refractivity contribution >= 4 is 23.6 Å². The number of amides is 2. The van der Waals surface area contributed by atoms with E-state index in [1.165, 1.54) is 7.11 Å². The van der Waals surface area contributed by atoms with Crippen LogP contribution in [0.3, 0.4) is 0 Å². The summed E-state index contributed by atoms with van der Waals surface area (Å²) in [5.41, 5.74) is 2.25. The van der Waals surface area contributed by atoms with Crippen molar-refractivity contribution in [2.75, 3.05) is 39.9 Å². The van der Waals surface area contributed by atoms with Gasteiger partial charge in [0.05, 0.1) is 25.4 Å². The van der Waals surface area contributed by atoms with E-state index in [4.69, 9.17) is 21.4 Å². The molecule has 1 aliphatic heterocycles. The third-order valence-corrected chi connectivity index (χ3v) is 9.41. The maximum Gasteiger partial charge on any atom is 0.406 e. The molecule has 0 bridgehead atoms. The van der Waals surface area contributed by atoms with Gasteiger partial charge in [-0.05, 0) is 67.7 Å². The minimum Gasteiger partial charge on any atom is -0.453 e. The molecule has 1 saturated carbocycles. The smallest absolute Gasteiger partial charge is 0.406 e. The first-order valence-corrected chi connectivity index (χ1v) is 15.8. The zero-order valence-corrected chi connectivity index (χ0v) is 26.0. The van der Waals surface area contributed by atoms with E-state index in [9.17, 15) is 19.8 Å². The minimum atomic E-state index is -1.33. The van der Waals surface area contributed by atoms with Gasteiger partial charge in [0.1, 0.15) is 0 Å². The average Bonchev–Trinajstić information content (AvgIpc) is 3.41. The number of nitrogens with one attached hydrogen (secondary N) is 2. The van der Waals surface area contributed by atoms with Crippen LogP contribution in [0.4, 0.5) is 4.79 Å². The highest BCUT2D eigenvalue weighted by atomic mass is 35.5. The number of alkyl carbamates (subject to hydrolysis) is 1. The van der Waals surface area contributed by atoms with Gasteiger partial charge in [-0.3, -0.25) is 4.79 Å². The Morgan fingerprint density at radius 2 is 1.95 bits per heavy atom. The van der Waals surface area contributed by atoms with Crippen LogP contribution >= 0.6 is 11.6 Å². The molecule has 10 heteroatoms. The number of hydrogen-bond donors (Lipinski definition) is 5. The minimum absolute atomic E-state index is 0.00581. The molecule has 0 spiro atoms. The van der Waals surface area contributed by atoms with E-state index < -0.39 is 17.8 Å². The molecule has 5 atom stereocenters. The molecule has 236 valence electrons. The molecule has 4 rings (SSSR count). The third kappa shape index (κ3) is 7.88. The second-order valence-corrected chi connectivity index (χ2v) is 12.2. The highest BCUT2D eigenvalue weighted by molar-refractivity contribution is 6.33. The van der Waals surface area contributed by atoms with Crippen molar-refractivity contribution in [2.24, 2.45) is 11.8 Å². The Morgan fingerprint density at radius 1 is 1.16 bits per heavy atom. The van der Waals surface area contributed by atoms with E-state index in [1.54, 1.807) is 0 Å². The molecule has 2 aromatic carbocycles. The summed E-state index contributed by atoms with van der Waals surface area (Å²) >= 11 is 6.86. The Bertz CT molecular complexity index is 1240. The van der Waals surface area contributed by atoms with Crippen LogP contribution in [-0.2, 0) is 21.6 Å². The van der Waals surface area contributed by atoms with Gasteiger partial charge < -0.3 is 35.6 Å². The number of halogens is 1. The molecule has 2 amide bonds.